The molecular formula is C13H17NO. The summed E-state index contributed by atoms with van der Waals surface area (Å²) in [6.07, 6.45) is 0.527. The number of rotatable bonds is 0. The molecule has 1 amide bonds. The maximum atomic E-state index is 11.3. The van der Waals surface area contributed by atoms with E-state index in [0.717, 1.165) is 0 Å². The summed E-state index contributed by atoms with van der Waals surface area (Å²) in [4.78, 5) is 11.3. The number of nitrogens with one attached hydrogen (secondary N) is 1. The highest BCUT2D eigenvalue weighted by Gasteiger charge is 2.19. The van der Waals surface area contributed by atoms with E-state index in [4.69, 9.17) is 0 Å². The first-order chi connectivity index (χ1) is 6.97. The Kier molecular flexibility index (Phi) is 2.29. The molecule has 15 heavy (non-hydrogen) atoms. The maximum Gasteiger partial charge on any atom is 0.224 e. The Morgan fingerprint density at radius 1 is 1.20 bits per heavy atom. The lowest BCUT2D eigenvalue weighted by Crippen LogP contribution is -2.30. The van der Waals surface area contributed by atoms with Gasteiger partial charge in [-0.25, -0.2) is 0 Å². The molecule has 1 heterocycles. The Bertz CT molecular complexity index is 401. The van der Waals surface area contributed by atoms with E-state index in [1.807, 2.05) is 0 Å². The van der Waals surface area contributed by atoms with E-state index in [2.05, 4.69) is 44.3 Å². The molecule has 1 aliphatic heterocycles. The molecule has 0 radical (unpaired) electrons. The topological polar surface area (TPSA) is 29.1 Å². The van der Waals surface area contributed by atoms with Gasteiger partial charge in [-0.2, -0.15) is 0 Å². The van der Waals surface area contributed by atoms with Crippen molar-refractivity contribution in [2.75, 3.05) is 0 Å². The zero-order valence-corrected chi connectivity index (χ0v) is 9.55. The first kappa shape index (κ1) is 10.2. The smallest absolute Gasteiger partial charge is 0.224 e. The van der Waals surface area contributed by atoms with Crippen LogP contribution in [-0.2, 0) is 23.2 Å². The Morgan fingerprint density at radius 2 is 1.93 bits per heavy atom. The molecule has 1 aromatic rings. The second-order valence-electron chi connectivity index (χ2n) is 5.19. The number of carbonyl (C=O) groups excluding carboxylic acids is 1. The van der Waals surface area contributed by atoms with Crippen molar-refractivity contribution in [1.29, 1.82) is 0 Å². The van der Waals surface area contributed by atoms with E-state index in [1.165, 1.54) is 16.7 Å². The summed E-state index contributed by atoms with van der Waals surface area (Å²) in [5, 5.41) is 2.86. The lowest BCUT2D eigenvalue weighted by Gasteiger charge is -2.23. The van der Waals surface area contributed by atoms with Crippen molar-refractivity contribution < 1.29 is 4.79 Å². The predicted octanol–water partition coefficient (Wildman–Crippen LogP) is 2.16. The minimum Gasteiger partial charge on any atom is -0.352 e. The van der Waals surface area contributed by atoms with E-state index in [0.29, 0.717) is 13.0 Å². The van der Waals surface area contributed by atoms with Crippen molar-refractivity contribution in [3.63, 3.8) is 0 Å². The third-order valence-corrected chi connectivity index (χ3v) is 2.90. The molecule has 0 saturated carbocycles. The fraction of sp³-hybridized carbons (Fsp3) is 0.462. The number of fused-ring (bicyclic) bond motifs is 1. The molecule has 0 aliphatic carbocycles. The Hall–Kier alpha value is -1.31. The van der Waals surface area contributed by atoms with Crippen molar-refractivity contribution in [2.45, 2.75) is 39.2 Å². The van der Waals surface area contributed by atoms with Gasteiger partial charge in [-0.15, -0.1) is 0 Å². The molecule has 1 aliphatic rings. The normalized spacial score (nSPS) is 15.8. The third kappa shape index (κ3) is 2.04. The number of carbonyl (C=O) groups is 1. The average Bonchev–Trinajstić information content (AvgIpc) is 2.15. The molecule has 0 fully saturated rings. The Morgan fingerprint density at radius 3 is 2.60 bits per heavy atom. The number of amides is 1. The van der Waals surface area contributed by atoms with Crippen molar-refractivity contribution in [2.24, 2.45) is 0 Å². The van der Waals surface area contributed by atoms with Crippen LogP contribution in [0.4, 0.5) is 0 Å². The summed E-state index contributed by atoms with van der Waals surface area (Å²) < 4.78 is 0. The van der Waals surface area contributed by atoms with Crippen LogP contribution in [0, 0.1) is 0 Å². The van der Waals surface area contributed by atoms with Crippen LogP contribution < -0.4 is 5.32 Å². The summed E-state index contributed by atoms with van der Waals surface area (Å²) in [6.45, 7) is 7.26. The van der Waals surface area contributed by atoms with Crippen LogP contribution >= 0.6 is 0 Å². The maximum absolute atomic E-state index is 11.3. The van der Waals surface area contributed by atoms with Gasteiger partial charge in [-0.3, -0.25) is 4.79 Å². The molecule has 1 aromatic carbocycles. The van der Waals surface area contributed by atoms with Gasteiger partial charge >= 0.3 is 0 Å². The van der Waals surface area contributed by atoms with Gasteiger partial charge in [0.25, 0.3) is 0 Å². The average molecular weight is 203 g/mol. The van der Waals surface area contributed by atoms with Crippen LogP contribution in [0.15, 0.2) is 18.2 Å². The molecule has 2 rings (SSSR count). The summed E-state index contributed by atoms with van der Waals surface area (Å²) in [5.74, 6) is 0.133. The second kappa shape index (κ2) is 3.37. The van der Waals surface area contributed by atoms with Gasteiger partial charge < -0.3 is 5.32 Å². The lowest BCUT2D eigenvalue weighted by atomic mass is 9.84. The molecule has 2 nitrogen and oxygen atoms in total. The lowest BCUT2D eigenvalue weighted by molar-refractivity contribution is -0.121. The van der Waals surface area contributed by atoms with Gasteiger partial charge in [0.2, 0.25) is 5.91 Å². The molecule has 0 bridgehead atoms. The molecule has 0 unspecified atom stereocenters. The first-order valence-corrected chi connectivity index (χ1v) is 5.36. The molecular weight excluding hydrogens is 186 g/mol. The second-order valence-corrected chi connectivity index (χ2v) is 5.19. The van der Waals surface area contributed by atoms with Gasteiger partial charge in [-0.1, -0.05) is 39.0 Å². The van der Waals surface area contributed by atoms with E-state index in [1.54, 1.807) is 0 Å². The Labute approximate surface area is 90.7 Å². The van der Waals surface area contributed by atoms with Crippen LogP contribution in [0.2, 0.25) is 0 Å². The number of hydrogen-bond acceptors (Lipinski definition) is 1. The molecule has 80 valence electrons. The molecule has 0 atom stereocenters. The quantitative estimate of drug-likeness (QED) is 0.687. The zero-order valence-electron chi connectivity index (χ0n) is 9.55. The fourth-order valence-electron chi connectivity index (χ4n) is 1.86. The molecule has 1 N–H and O–H groups in total. The van der Waals surface area contributed by atoms with Gasteiger partial charge in [0.15, 0.2) is 0 Å². The summed E-state index contributed by atoms with van der Waals surface area (Å²) >= 11 is 0. The van der Waals surface area contributed by atoms with Crippen molar-refractivity contribution in [1.82, 2.24) is 5.32 Å². The van der Waals surface area contributed by atoms with Gasteiger partial charge in [0.1, 0.15) is 0 Å². The monoisotopic (exact) mass is 203 g/mol. The SMILES string of the molecule is CC(C)(C)c1ccc2c(c1)CC(=O)NC2. The highest BCUT2D eigenvalue weighted by atomic mass is 16.1. The minimum absolute atomic E-state index is 0.133. The number of benzene rings is 1. The fourth-order valence-corrected chi connectivity index (χ4v) is 1.86. The standard InChI is InChI=1S/C13H17NO/c1-13(2,3)11-5-4-9-8-14-12(15)7-10(9)6-11/h4-6H,7-8H2,1-3H3,(H,14,15). The third-order valence-electron chi connectivity index (χ3n) is 2.90. The van der Waals surface area contributed by atoms with Gasteiger partial charge in [-0.05, 0) is 22.1 Å². The van der Waals surface area contributed by atoms with E-state index in [9.17, 15) is 4.79 Å². The van der Waals surface area contributed by atoms with Crippen molar-refractivity contribution in [3.05, 3.63) is 34.9 Å². The van der Waals surface area contributed by atoms with Crippen LogP contribution in [0.25, 0.3) is 0 Å². The van der Waals surface area contributed by atoms with Crippen LogP contribution in [-0.4, -0.2) is 5.91 Å². The Balaban J connectivity index is 2.41. The minimum atomic E-state index is 0.133. The molecule has 2 heteroatoms. The molecule has 0 aromatic heterocycles. The van der Waals surface area contributed by atoms with Gasteiger partial charge in [0.05, 0.1) is 6.42 Å². The zero-order chi connectivity index (χ0) is 11.1. The highest BCUT2D eigenvalue weighted by molar-refractivity contribution is 5.80. The predicted molar refractivity (Wildman–Crippen MR) is 60.7 cm³/mol. The summed E-state index contributed by atoms with van der Waals surface area (Å²) in [5.41, 5.74) is 3.90. The van der Waals surface area contributed by atoms with Crippen LogP contribution in [0.5, 0.6) is 0 Å². The first-order valence-electron chi connectivity index (χ1n) is 5.36. The number of hydrogen-bond donors (Lipinski definition) is 1. The summed E-state index contributed by atoms with van der Waals surface area (Å²) in [6, 6.07) is 6.47. The van der Waals surface area contributed by atoms with E-state index in [-0.39, 0.29) is 11.3 Å². The van der Waals surface area contributed by atoms with E-state index < -0.39 is 0 Å². The van der Waals surface area contributed by atoms with Crippen LogP contribution in [0.1, 0.15) is 37.5 Å². The van der Waals surface area contributed by atoms with Crippen LogP contribution in [0.3, 0.4) is 0 Å². The van der Waals surface area contributed by atoms with Gasteiger partial charge in [0, 0.05) is 6.54 Å². The largest absolute Gasteiger partial charge is 0.352 e. The van der Waals surface area contributed by atoms with Crippen molar-refractivity contribution >= 4 is 5.91 Å². The summed E-state index contributed by atoms with van der Waals surface area (Å²) in [7, 11) is 0. The van der Waals surface area contributed by atoms with Crippen molar-refractivity contribution in [3.8, 4) is 0 Å². The van der Waals surface area contributed by atoms with E-state index >= 15 is 0 Å². The molecule has 0 saturated heterocycles. The highest BCUT2D eigenvalue weighted by Crippen LogP contribution is 2.25. The molecule has 0 spiro atoms.